The number of rotatable bonds is 4. The average molecular weight is 359 g/mol. The van der Waals surface area contributed by atoms with Crippen molar-refractivity contribution in [2.75, 3.05) is 19.6 Å². The number of aromatic amines is 1. The summed E-state index contributed by atoms with van der Waals surface area (Å²) in [6, 6.07) is 15.5. The maximum atomic E-state index is 13.3. The van der Waals surface area contributed by atoms with E-state index in [1.54, 1.807) is 12.1 Å². The number of nitrogens with one attached hydrogen (secondary N) is 1. The summed E-state index contributed by atoms with van der Waals surface area (Å²) in [6.07, 6.45) is 5.52. The zero-order chi connectivity index (χ0) is 16.4. The van der Waals surface area contributed by atoms with Crippen LogP contribution in [-0.4, -0.2) is 29.5 Å². The van der Waals surface area contributed by atoms with Crippen LogP contribution in [0.25, 0.3) is 10.9 Å². The first-order valence-electron chi connectivity index (χ1n) is 8.82. The summed E-state index contributed by atoms with van der Waals surface area (Å²) in [5, 5.41) is 1.37. The fraction of sp³-hybridized carbons (Fsp3) is 0.333. The molecule has 2 aromatic carbocycles. The molecular formula is C21H24ClFN2. The topological polar surface area (TPSA) is 19.0 Å². The minimum Gasteiger partial charge on any atom is -0.361 e. The van der Waals surface area contributed by atoms with Crippen molar-refractivity contribution in [1.29, 1.82) is 0 Å². The molecule has 0 saturated carbocycles. The van der Waals surface area contributed by atoms with Gasteiger partial charge < -0.3 is 9.88 Å². The van der Waals surface area contributed by atoms with Crippen molar-refractivity contribution in [3.05, 3.63) is 71.7 Å². The van der Waals surface area contributed by atoms with Crippen molar-refractivity contribution >= 4 is 23.3 Å². The summed E-state index contributed by atoms with van der Waals surface area (Å²) < 4.78 is 13.3. The number of nitrogens with zero attached hydrogens (tertiary/aromatic N) is 1. The molecule has 132 valence electrons. The van der Waals surface area contributed by atoms with E-state index in [1.807, 2.05) is 6.07 Å². The predicted molar refractivity (Wildman–Crippen MR) is 104 cm³/mol. The molecule has 2 nitrogen and oxygen atoms in total. The first kappa shape index (κ1) is 18.0. The largest absolute Gasteiger partial charge is 0.361 e. The van der Waals surface area contributed by atoms with Gasteiger partial charge in [0.05, 0.1) is 0 Å². The Morgan fingerprint density at radius 3 is 2.64 bits per heavy atom. The minimum atomic E-state index is -0.134. The minimum absolute atomic E-state index is 0. The molecule has 1 N–H and O–H groups in total. The Hall–Kier alpha value is -1.84. The van der Waals surface area contributed by atoms with Crippen molar-refractivity contribution < 1.29 is 4.39 Å². The van der Waals surface area contributed by atoms with Crippen molar-refractivity contribution in [1.82, 2.24) is 9.88 Å². The number of para-hydroxylation sites is 1. The van der Waals surface area contributed by atoms with Crippen LogP contribution in [-0.2, 0) is 6.42 Å². The smallest absolute Gasteiger partial charge is 0.123 e. The number of benzene rings is 2. The molecule has 2 heterocycles. The molecule has 0 radical (unpaired) electrons. The van der Waals surface area contributed by atoms with Gasteiger partial charge in [0.15, 0.2) is 0 Å². The summed E-state index contributed by atoms with van der Waals surface area (Å²) in [7, 11) is 0. The van der Waals surface area contributed by atoms with Gasteiger partial charge in [-0.25, -0.2) is 4.39 Å². The normalized spacial score (nSPS) is 16.0. The maximum absolute atomic E-state index is 13.3. The number of likely N-dealkylation sites (tertiary alicyclic amines) is 1. The van der Waals surface area contributed by atoms with Gasteiger partial charge in [0.1, 0.15) is 5.82 Å². The number of hydrogen-bond donors (Lipinski definition) is 1. The van der Waals surface area contributed by atoms with Crippen LogP contribution < -0.4 is 0 Å². The number of hydrogen-bond acceptors (Lipinski definition) is 1. The fourth-order valence-electron chi connectivity index (χ4n) is 3.88. The van der Waals surface area contributed by atoms with Crippen LogP contribution in [0.5, 0.6) is 0 Å². The van der Waals surface area contributed by atoms with Gasteiger partial charge in [-0.3, -0.25) is 0 Å². The second-order valence-electron chi connectivity index (χ2n) is 6.79. The highest BCUT2D eigenvalue weighted by atomic mass is 35.5. The van der Waals surface area contributed by atoms with Crippen LogP contribution in [0.4, 0.5) is 4.39 Å². The summed E-state index contributed by atoms with van der Waals surface area (Å²) in [6.45, 7) is 3.27. The lowest BCUT2D eigenvalue weighted by atomic mass is 9.89. The molecule has 1 saturated heterocycles. The molecular weight excluding hydrogens is 335 g/mol. The van der Waals surface area contributed by atoms with E-state index in [0.29, 0.717) is 5.92 Å². The molecule has 4 heteroatoms. The highest BCUT2D eigenvalue weighted by molar-refractivity contribution is 5.85. The van der Waals surface area contributed by atoms with Crippen molar-refractivity contribution in [3.8, 4) is 0 Å². The predicted octanol–water partition coefficient (Wildman–Crippen LogP) is 5.15. The maximum Gasteiger partial charge on any atom is 0.123 e. The Balaban J connectivity index is 0.00000182. The van der Waals surface area contributed by atoms with Gasteiger partial charge in [0, 0.05) is 23.6 Å². The van der Waals surface area contributed by atoms with Gasteiger partial charge in [-0.1, -0.05) is 30.3 Å². The van der Waals surface area contributed by atoms with Gasteiger partial charge in [0.25, 0.3) is 0 Å². The molecule has 4 rings (SSSR count). The summed E-state index contributed by atoms with van der Waals surface area (Å²) in [4.78, 5) is 5.91. The van der Waals surface area contributed by atoms with E-state index in [2.05, 4.69) is 40.3 Å². The van der Waals surface area contributed by atoms with Crippen LogP contribution in [0.15, 0.2) is 54.7 Å². The van der Waals surface area contributed by atoms with Crippen molar-refractivity contribution in [2.45, 2.75) is 25.2 Å². The molecule has 1 fully saturated rings. The Bertz CT molecular complexity index is 821. The third-order valence-corrected chi connectivity index (χ3v) is 5.25. The number of H-pyrrole nitrogens is 1. The Morgan fingerprint density at radius 1 is 1.04 bits per heavy atom. The quantitative estimate of drug-likeness (QED) is 0.683. The van der Waals surface area contributed by atoms with Gasteiger partial charge in [-0.15, -0.1) is 12.4 Å². The third-order valence-electron chi connectivity index (χ3n) is 5.25. The van der Waals surface area contributed by atoms with E-state index in [9.17, 15) is 4.39 Å². The van der Waals surface area contributed by atoms with E-state index >= 15 is 0 Å². The number of aromatic nitrogens is 1. The molecule has 0 bridgehead atoms. The van der Waals surface area contributed by atoms with Gasteiger partial charge >= 0.3 is 0 Å². The molecule has 0 atom stereocenters. The third kappa shape index (κ3) is 4.05. The summed E-state index contributed by atoms with van der Waals surface area (Å²) in [5.74, 6) is 0.511. The average Bonchev–Trinajstić information content (AvgIpc) is 3.05. The van der Waals surface area contributed by atoms with Crippen LogP contribution in [0, 0.1) is 5.82 Å². The molecule has 0 aliphatic carbocycles. The highest BCUT2D eigenvalue weighted by Crippen LogP contribution is 2.33. The lowest BCUT2D eigenvalue weighted by Gasteiger charge is -2.32. The number of fused-ring (bicyclic) bond motifs is 1. The summed E-state index contributed by atoms with van der Waals surface area (Å²) >= 11 is 0. The summed E-state index contributed by atoms with van der Waals surface area (Å²) in [5.41, 5.74) is 3.80. The molecule has 0 unspecified atom stereocenters. The van der Waals surface area contributed by atoms with E-state index in [4.69, 9.17) is 0 Å². The monoisotopic (exact) mass is 358 g/mol. The second kappa shape index (κ2) is 8.03. The lowest BCUT2D eigenvalue weighted by molar-refractivity contribution is 0.215. The number of halogens is 2. The Labute approximate surface area is 154 Å². The Kier molecular flexibility index (Phi) is 5.77. The van der Waals surface area contributed by atoms with E-state index < -0.39 is 0 Å². The van der Waals surface area contributed by atoms with Gasteiger partial charge in [-0.2, -0.15) is 0 Å². The molecule has 0 amide bonds. The Morgan fingerprint density at radius 2 is 1.84 bits per heavy atom. The van der Waals surface area contributed by atoms with Gasteiger partial charge in [0.2, 0.25) is 0 Å². The van der Waals surface area contributed by atoms with E-state index in [1.165, 1.54) is 35.4 Å². The molecule has 0 spiro atoms. The van der Waals surface area contributed by atoms with Crippen molar-refractivity contribution in [3.63, 3.8) is 0 Å². The SMILES string of the molecule is Cl.Fc1cccc(CCN2CCC(c3c[nH]c4ccccc34)CC2)c1. The van der Waals surface area contributed by atoms with Crippen molar-refractivity contribution in [2.24, 2.45) is 0 Å². The second-order valence-corrected chi connectivity index (χ2v) is 6.79. The molecule has 1 aromatic heterocycles. The van der Waals surface area contributed by atoms with E-state index in [0.717, 1.165) is 31.6 Å². The van der Waals surface area contributed by atoms with Crippen LogP contribution in [0.1, 0.15) is 29.9 Å². The number of piperidine rings is 1. The standard InChI is InChI=1S/C21H23FN2.ClH/c22-18-5-3-4-16(14-18)8-11-24-12-9-17(10-13-24)20-15-23-21-7-2-1-6-19(20)21;/h1-7,14-15,17,23H,8-13H2;1H. The molecule has 3 aromatic rings. The van der Waals surface area contributed by atoms with Crippen LogP contribution >= 0.6 is 12.4 Å². The fourth-order valence-corrected chi connectivity index (χ4v) is 3.88. The zero-order valence-electron chi connectivity index (χ0n) is 14.2. The van der Waals surface area contributed by atoms with Crippen LogP contribution in [0.2, 0.25) is 0 Å². The van der Waals surface area contributed by atoms with E-state index in [-0.39, 0.29) is 18.2 Å². The van der Waals surface area contributed by atoms with Crippen LogP contribution in [0.3, 0.4) is 0 Å². The molecule has 25 heavy (non-hydrogen) atoms. The first-order chi connectivity index (χ1) is 11.8. The first-order valence-corrected chi connectivity index (χ1v) is 8.82. The zero-order valence-corrected chi connectivity index (χ0v) is 15.1. The molecule has 1 aliphatic heterocycles. The highest BCUT2D eigenvalue weighted by Gasteiger charge is 2.22. The lowest BCUT2D eigenvalue weighted by Crippen LogP contribution is -2.34. The van der Waals surface area contributed by atoms with Gasteiger partial charge in [-0.05, 0) is 67.6 Å². The molecule has 1 aliphatic rings.